The first-order valence-corrected chi connectivity index (χ1v) is 8.09. The minimum absolute atomic E-state index is 0.165. The quantitative estimate of drug-likeness (QED) is 0.834. The van der Waals surface area contributed by atoms with Crippen LogP contribution in [-0.4, -0.2) is 19.9 Å². The molecule has 0 saturated carbocycles. The Bertz CT molecular complexity index is 470. The first kappa shape index (κ1) is 12.0. The van der Waals surface area contributed by atoms with Crippen molar-refractivity contribution < 1.29 is 8.42 Å². The molecule has 0 radical (unpaired) electrons. The SMILES string of the molecule is CCS(=O)(=O)c1ccc(C2(C)CCS2)cc1. The standard InChI is InChI=1S/C12H16O2S2/c1-3-16(13,14)11-6-4-10(5-7-11)12(2)8-9-15-12/h4-7H,3,8-9H2,1-2H3. The summed E-state index contributed by atoms with van der Waals surface area (Å²) in [4.78, 5) is 0.437. The molecule has 1 heterocycles. The van der Waals surface area contributed by atoms with Crippen LogP contribution in [0.5, 0.6) is 0 Å². The topological polar surface area (TPSA) is 34.1 Å². The minimum Gasteiger partial charge on any atom is -0.224 e. The van der Waals surface area contributed by atoms with Crippen molar-refractivity contribution in [2.24, 2.45) is 0 Å². The lowest BCUT2D eigenvalue weighted by Crippen LogP contribution is -2.27. The summed E-state index contributed by atoms with van der Waals surface area (Å²) in [5.74, 6) is 1.36. The fourth-order valence-corrected chi connectivity index (χ4v) is 3.82. The number of thioether (sulfide) groups is 1. The molecule has 16 heavy (non-hydrogen) atoms. The molecule has 0 aliphatic carbocycles. The molecule has 1 aliphatic heterocycles. The molecule has 1 atom stereocenters. The predicted molar refractivity (Wildman–Crippen MR) is 68.6 cm³/mol. The Morgan fingerprint density at radius 1 is 1.31 bits per heavy atom. The van der Waals surface area contributed by atoms with Crippen molar-refractivity contribution in [3.05, 3.63) is 29.8 Å². The summed E-state index contributed by atoms with van der Waals surface area (Å²) in [5, 5.41) is 0. The van der Waals surface area contributed by atoms with Gasteiger partial charge in [0.15, 0.2) is 9.84 Å². The monoisotopic (exact) mass is 256 g/mol. The van der Waals surface area contributed by atoms with Crippen LogP contribution in [0.15, 0.2) is 29.2 Å². The summed E-state index contributed by atoms with van der Waals surface area (Å²) in [7, 11) is -3.06. The van der Waals surface area contributed by atoms with E-state index in [-0.39, 0.29) is 10.5 Å². The van der Waals surface area contributed by atoms with Crippen LogP contribution in [0.4, 0.5) is 0 Å². The normalized spacial score (nSPS) is 25.1. The van der Waals surface area contributed by atoms with Crippen LogP contribution in [0.1, 0.15) is 25.8 Å². The summed E-state index contributed by atoms with van der Waals surface area (Å²) >= 11 is 1.93. The Balaban J connectivity index is 2.30. The molecule has 1 aliphatic rings. The molecule has 1 unspecified atom stereocenters. The van der Waals surface area contributed by atoms with Gasteiger partial charge in [0.2, 0.25) is 0 Å². The molecule has 1 aromatic rings. The summed E-state index contributed by atoms with van der Waals surface area (Å²) in [5.41, 5.74) is 1.24. The van der Waals surface area contributed by atoms with Gasteiger partial charge in [-0.1, -0.05) is 19.1 Å². The van der Waals surface area contributed by atoms with Gasteiger partial charge in [-0.2, -0.15) is 11.8 Å². The maximum Gasteiger partial charge on any atom is 0.178 e. The first-order chi connectivity index (χ1) is 7.48. The summed E-state index contributed by atoms with van der Waals surface area (Å²) < 4.78 is 23.5. The third kappa shape index (κ3) is 2.00. The molecule has 0 aromatic heterocycles. The van der Waals surface area contributed by atoms with E-state index in [2.05, 4.69) is 6.92 Å². The van der Waals surface area contributed by atoms with Gasteiger partial charge in [0.25, 0.3) is 0 Å². The highest BCUT2D eigenvalue weighted by molar-refractivity contribution is 8.01. The van der Waals surface area contributed by atoms with Crippen LogP contribution in [0, 0.1) is 0 Å². The van der Waals surface area contributed by atoms with E-state index in [1.54, 1.807) is 19.1 Å². The third-order valence-electron chi connectivity index (χ3n) is 3.20. The smallest absolute Gasteiger partial charge is 0.178 e. The lowest BCUT2D eigenvalue weighted by atomic mass is 9.96. The average molecular weight is 256 g/mol. The van der Waals surface area contributed by atoms with E-state index in [9.17, 15) is 8.42 Å². The average Bonchev–Trinajstić information content (AvgIpc) is 2.26. The molecule has 2 rings (SSSR count). The molecule has 0 bridgehead atoms. The van der Waals surface area contributed by atoms with E-state index in [4.69, 9.17) is 0 Å². The van der Waals surface area contributed by atoms with E-state index in [1.165, 1.54) is 17.7 Å². The molecule has 4 heteroatoms. The van der Waals surface area contributed by atoms with Crippen molar-refractivity contribution >= 4 is 21.6 Å². The van der Waals surface area contributed by atoms with Crippen LogP contribution in [0.2, 0.25) is 0 Å². The second-order valence-electron chi connectivity index (χ2n) is 4.26. The highest BCUT2D eigenvalue weighted by Crippen LogP contribution is 2.48. The molecular weight excluding hydrogens is 240 g/mol. The number of hydrogen-bond acceptors (Lipinski definition) is 3. The van der Waals surface area contributed by atoms with Crippen molar-refractivity contribution in [1.29, 1.82) is 0 Å². The minimum atomic E-state index is -3.06. The Labute approximate surface area is 101 Å². The van der Waals surface area contributed by atoms with Crippen molar-refractivity contribution in [2.75, 3.05) is 11.5 Å². The van der Waals surface area contributed by atoms with Crippen molar-refractivity contribution in [1.82, 2.24) is 0 Å². The zero-order valence-electron chi connectivity index (χ0n) is 9.56. The lowest BCUT2D eigenvalue weighted by Gasteiger charge is -2.38. The zero-order chi connectivity index (χ0) is 11.8. The summed E-state index contributed by atoms with van der Waals surface area (Å²) in [6.07, 6.45) is 1.18. The Morgan fingerprint density at radius 3 is 2.25 bits per heavy atom. The van der Waals surface area contributed by atoms with Crippen LogP contribution >= 0.6 is 11.8 Å². The molecule has 0 N–H and O–H groups in total. The number of sulfone groups is 1. The van der Waals surface area contributed by atoms with Gasteiger partial charge < -0.3 is 0 Å². The van der Waals surface area contributed by atoms with Crippen LogP contribution in [0.3, 0.4) is 0 Å². The van der Waals surface area contributed by atoms with Gasteiger partial charge in [0.1, 0.15) is 0 Å². The zero-order valence-corrected chi connectivity index (χ0v) is 11.2. The summed E-state index contributed by atoms with van der Waals surface area (Å²) in [6.45, 7) is 3.89. The highest BCUT2D eigenvalue weighted by Gasteiger charge is 2.34. The molecule has 1 fully saturated rings. The van der Waals surface area contributed by atoms with E-state index < -0.39 is 9.84 Å². The van der Waals surface area contributed by atoms with Crippen LogP contribution in [-0.2, 0) is 14.6 Å². The number of rotatable bonds is 3. The molecular formula is C12H16O2S2. The van der Waals surface area contributed by atoms with Gasteiger partial charge in [-0.25, -0.2) is 8.42 Å². The molecule has 2 nitrogen and oxygen atoms in total. The van der Waals surface area contributed by atoms with Gasteiger partial charge in [-0.3, -0.25) is 0 Å². The second-order valence-corrected chi connectivity index (χ2v) is 8.13. The van der Waals surface area contributed by atoms with Gasteiger partial charge in [0, 0.05) is 4.75 Å². The highest BCUT2D eigenvalue weighted by atomic mass is 32.2. The fraction of sp³-hybridized carbons (Fsp3) is 0.500. The Kier molecular flexibility index (Phi) is 3.05. The van der Waals surface area contributed by atoms with Crippen molar-refractivity contribution in [3.8, 4) is 0 Å². The van der Waals surface area contributed by atoms with E-state index >= 15 is 0 Å². The van der Waals surface area contributed by atoms with E-state index in [0.717, 1.165) is 0 Å². The van der Waals surface area contributed by atoms with E-state index in [1.807, 2.05) is 23.9 Å². The molecule has 0 amide bonds. The second kappa shape index (κ2) is 4.08. The number of benzene rings is 1. The van der Waals surface area contributed by atoms with Crippen LogP contribution in [0.25, 0.3) is 0 Å². The maximum absolute atomic E-state index is 11.6. The lowest BCUT2D eigenvalue weighted by molar-refractivity contribution is 0.596. The Hall–Kier alpha value is -0.480. The van der Waals surface area contributed by atoms with Crippen molar-refractivity contribution in [2.45, 2.75) is 29.9 Å². The summed E-state index contributed by atoms with van der Waals surface area (Å²) in [6, 6.07) is 7.38. The largest absolute Gasteiger partial charge is 0.224 e. The molecule has 0 spiro atoms. The van der Waals surface area contributed by atoms with Crippen LogP contribution < -0.4 is 0 Å². The molecule has 1 saturated heterocycles. The van der Waals surface area contributed by atoms with Gasteiger partial charge in [-0.15, -0.1) is 0 Å². The van der Waals surface area contributed by atoms with Gasteiger partial charge in [-0.05, 0) is 36.8 Å². The fourth-order valence-electron chi connectivity index (χ4n) is 1.82. The van der Waals surface area contributed by atoms with Gasteiger partial charge >= 0.3 is 0 Å². The van der Waals surface area contributed by atoms with Gasteiger partial charge in [0.05, 0.1) is 10.6 Å². The maximum atomic E-state index is 11.6. The first-order valence-electron chi connectivity index (χ1n) is 5.45. The van der Waals surface area contributed by atoms with E-state index in [0.29, 0.717) is 4.90 Å². The molecule has 1 aromatic carbocycles. The predicted octanol–water partition coefficient (Wildman–Crippen LogP) is 2.83. The number of hydrogen-bond donors (Lipinski definition) is 0. The molecule has 88 valence electrons. The Morgan fingerprint density at radius 2 is 1.88 bits per heavy atom. The third-order valence-corrected chi connectivity index (χ3v) is 6.44. The van der Waals surface area contributed by atoms with Crippen molar-refractivity contribution in [3.63, 3.8) is 0 Å².